The van der Waals surface area contributed by atoms with Crippen molar-refractivity contribution in [3.05, 3.63) is 28.8 Å². The number of fused-ring (bicyclic) bond motifs is 1. The van der Waals surface area contributed by atoms with Gasteiger partial charge in [0.05, 0.1) is 35.0 Å². The fraction of sp³-hybridized carbons (Fsp3) is 0.536. The second kappa shape index (κ2) is 10.8. The van der Waals surface area contributed by atoms with Gasteiger partial charge in [0.1, 0.15) is 29.0 Å². The Morgan fingerprint density at radius 3 is 2.59 bits per heavy atom. The SMILES string of the molecule is Cc1cc(N)c(F)c(-c2nc3c4c(nc(OCC56CCN5CC(F)(F)C6)nc4c2F)NCCNCC[C@H](C)O3)c1C(F)(F)F. The lowest BCUT2D eigenvalue weighted by molar-refractivity contribution is -0.137. The summed E-state index contributed by atoms with van der Waals surface area (Å²) in [6, 6.07) is 0.406. The third-order valence-electron chi connectivity index (χ3n) is 8.37. The molecule has 3 aliphatic rings. The summed E-state index contributed by atoms with van der Waals surface area (Å²) in [6.07, 6.45) is -5.19. The van der Waals surface area contributed by atoms with Crippen LogP contribution in [0.2, 0.25) is 0 Å². The second-order valence-corrected chi connectivity index (χ2v) is 11.6. The molecule has 1 unspecified atom stereocenters. The Balaban J connectivity index is 1.55. The molecule has 238 valence electrons. The summed E-state index contributed by atoms with van der Waals surface area (Å²) >= 11 is 0. The standard InChI is InChI=1S/C28H30F7N7O2/c1-13-9-15(36)19(29)16(18(13)28(33,34)35)21-20(30)22-17-23(38-7-6-37-5-3-14(2)44-24(17)39-21)41-25(40-22)43-12-26-4-8-42(26)11-27(31,32)10-26/h9,14,37H,3-8,10-12,36H2,1-2H3,(H,38,40,41)/t14-,26?/m0/s1. The Kier molecular flexibility index (Phi) is 7.42. The first-order chi connectivity index (χ1) is 20.7. The lowest BCUT2D eigenvalue weighted by Crippen LogP contribution is -2.59. The van der Waals surface area contributed by atoms with Crippen molar-refractivity contribution in [2.45, 2.75) is 56.9 Å². The number of hydrogen-bond donors (Lipinski definition) is 3. The molecule has 0 bridgehead atoms. The molecular weight excluding hydrogens is 599 g/mol. The number of nitrogens with zero attached hydrogens (tertiary/aromatic N) is 4. The van der Waals surface area contributed by atoms with Crippen LogP contribution in [0.15, 0.2) is 6.07 Å². The van der Waals surface area contributed by atoms with E-state index in [9.17, 15) is 22.0 Å². The van der Waals surface area contributed by atoms with E-state index in [4.69, 9.17) is 15.2 Å². The number of alkyl halides is 5. The molecule has 16 heteroatoms. The third kappa shape index (κ3) is 5.31. The maximum absolute atomic E-state index is 16.5. The number of hydrogen-bond acceptors (Lipinski definition) is 9. The first-order valence-corrected chi connectivity index (χ1v) is 14.1. The van der Waals surface area contributed by atoms with E-state index in [0.29, 0.717) is 32.5 Å². The zero-order valence-electron chi connectivity index (χ0n) is 23.8. The van der Waals surface area contributed by atoms with Crippen LogP contribution in [0.5, 0.6) is 11.9 Å². The average Bonchev–Trinajstić information content (AvgIpc) is 3.09. The zero-order chi connectivity index (χ0) is 31.6. The van der Waals surface area contributed by atoms with Gasteiger partial charge in [-0.3, -0.25) is 4.90 Å². The highest BCUT2D eigenvalue weighted by atomic mass is 19.4. The molecule has 0 aliphatic carbocycles. The quantitative estimate of drug-likeness (QED) is 0.274. The number of aryl methyl sites for hydroxylation is 1. The average molecular weight is 630 g/mol. The van der Waals surface area contributed by atoms with Crippen LogP contribution in [0.3, 0.4) is 0 Å². The van der Waals surface area contributed by atoms with Crippen LogP contribution >= 0.6 is 0 Å². The molecule has 3 aliphatic heterocycles. The summed E-state index contributed by atoms with van der Waals surface area (Å²) in [7, 11) is 0. The Bertz CT molecular complexity index is 1620. The molecular formula is C28H30F7N7O2. The lowest BCUT2D eigenvalue weighted by atomic mass is 9.85. The van der Waals surface area contributed by atoms with Crippen LogP contribution in [0, 0.1) is 18.6 Å². The predicted octanol–water partition coefficient (Wildman–Crippen LogP) is 4.91. The largest absolute Gasteiger partial charge is 0.474 e. The summed E-state index contributed by atoms with van der Waals surface area (Å²) in [6.45, 7) is 3.86. The number of halogens is 7. The molecule has 0 saturated carbocycles. The summed E-state index contributed by atoms with van der Waals surface area (Å²) in [5.41, 5.74) is -0.536. The molecule has 0 radical (unpaired) electrons. The van der Waals surface area contributed by atoms with Crippen molar-refractivity contribution in [1.82, 2.24) is 25.2 Å². The summed E-state index contributed by atoms with van der Waals surface area (Å²) < 4.78 is 115. The van der Waals surface area contributed by atoms with Crippen molar-refractivity contribution in [2.75, 3.05) is 50.4 Å². The van der Waals surface area contributed by atoms with Crippen LogP contribution in [0.25, 0.3) is 22.2 Å². The van der Waals surface area contributed by atoms with Gasteiger partial charge in [-0.2, -0.15) is 23.1 Å². The van der Waals surface area contributed by atoms with Crippen LogP contribution in [0.1, 0.15) is 37.3 Å². The highest BCUT2D eigenvalue weighted by Gasteiger charge is 2.60. The molecule has 4 N–H and O–H groups in total. The zero-order valence-corrected chi connectivity index (χ0v) is 23.8. The Morgan fingerprint density at radius 2 is 1.91 bits per heavy atom. The van der Waals surface area contributed by atoms with Crippen molar-refractivity contribution >= 4 is 22.4 Å². The Labute approximate surface area is 247 Å². The van der Waals surface area contributed by atoms with Gasteiger partial charge in [0.25, 0.3) is 5.92 Å². The summed E-state index contributed by atoms with van der Waals surface area (Å²) in [5, 5.41) is 6.11. The van der Waals surface area contributed by atoms with Crippen molar-refractivity contribution in [2.24, 2.45) is 0 Å². The number of nitrogens with two attached hydrogens (primary N) is 1. The summed E-state index contributed by atoms with van der Waals surface area (Å²) in [5.74, 6) is -6.14. The van der Waals surface area contributed by atoms with Gasteiger partial charge in [0.15, 0.2) is 11.6 Å². The molecule has 3 aromatic rings. The number of nitrogen functional groups attached to an aromatic ring is 1. The summed E-state index contributed by atoms with van der Waals surface area (Å²) in [4.78, 5) is 14.2. The van der Waals surface area contributed by atoms with Gasteiger partial charge in [-0.15, -0.1) is 0 Å². The molecule has 2 aromatic heterocycles. The monoisotopic (exact) mass is 629 g/mol. The van der Waals surface area contributed by atoms with E-state index in [2.05, 4.69) is 25.6 Å². The van der Waals surface area contributed by atoms with Crippen LogP contribution < -0.4 is 25.8 Å². The fourth-order valence-corrected chi connectivity index (χ4v) is 6.18. The number of benzene rings is 1. The third-order valence-corrected chi connectivity index (χ3v) is 8.37. The van der Waals surface area contributed by atoms with Gasteiger partial charge < -0.3 is 25.8 Å². The first kappa shape index (κ1) is 30.4. The number of ether oxygens (including phenoxy) is 2. The fourth-order valence-electron chi connectivity index (χ4n) is 6.18. The number of anilines is 2. The predicted molar refractivity (Wildman–Crippen MR) is 147 cm³/mol. The second-order valence-electron chi connectivity index (χ2n) is 11.6. The van der Waals surface area contributed by atoms with Crippen molar-refractivity contribution < 1.29 is 40.2 Å². The smallest absolute Gasteiger partial charge is 0.417 e. The highest BCUT2D eigenvalue weighted by molar-refractivity contribution is 5.96. The van der Waals surface area contributed by atoms with Crippen LogP contribution in [-0.2, 0) is 6.18 Å². The Hall–Kier alpha value is -3.66. The normalized spacial score (nSPS) is 23.7. The Morgan fingerprint density at radius 1 is 1.14 bits per heavy atom. The molecule has 2 saturated heterocycles. The van der Waals surface area contributed by atoms with E-state index in [1.807, 2.05) is 0 Å². The van der Waals surface area contributed by atoms with E-state index in [1.165, 1.54) is 0 Å². The minimum absolute atomic E-state index is 0.00570. The van der Waals surface area contributed by atoms with Gasteiger partial charge in [-0.05, 0) is 44.9 Å². The van der Waals surface area contributed by atoms with Crippen LogP contribution in [-0.4, -0.2) is 76.7 Å². The van der Waals surface area contributed by atoms with Gasteiger partial charge in [-0.1, -0.05) is 0 Å². The number of nitrogens with one attached hydrogen (secondary N) is 2. The molecule has 1 aromatic carbocycles. The minimum Gasteiger partial charge on any atom is -0.474 e. The molecule has 9 nitrogen and oxygen atoms in total. The van der Waals surface area contributed by atoms with E-state index >= 15 is 8.78 Å². The van der Waals surface area contributed by atoms with E-state index in [-0.39, 0.29) is 30.2 Å². The topological polar surface area (TPSA) is 110 Å². The number of rotatable bonds is 4. The minimum atomic E-state index is -5.10. The molecule has 6 rings (SSSR count). The molecule has 0 amide bonds. The first-order valence-electron chi connectivity index (χ1n) is 14.1. The van der Waals surface area contributed by atoms with E-state index < -0.39 is 87.9 Å². The van der Waals surface area contributed by atoms with Gasteiger partial charge in [-0.25, -0.2) is 22.5 Å². The molecule has 44 heavy (non-hydrogen) atoms. The van der Waals surface area contributed by atoms with E-state index in [1.54, 1.807) is 11.8 Å². The van der Waals surface area contributed by atoms with Crippen molar-refractivity contribution in [3.8, 4) is 23.1 Å². The van der Waals surface area contributed by atoms with Gasteiger partial charge >= 0.3 is 12.2 Å². The van der Waals surface area contributed by atoms with Crippen LogP contribution in [0.4, 0.5) is 42.2 Å². The maximum Gasteiger partial charge on any atom is 0.417 e. The molecule has 2 atom stereocenters. The lowest BCUT2D eigenvalue weighted by Gasteiger charge is -2.46. The van der Waals surface area contributed by atoms with Crippen molar-refractivity contribution in [3.63, 3.8) is 0 Å². The molecule has 0 spiro atoms. The van der Waals surface area contributed by atoms with E-state index in [0.717, 1.165) is 13.0 Å². The van der Waals surface area contributed by atoms with Gasteiger partial charge in [0.2, 0.25) is 5.88 Å². The van der Waals surface area contributed by atoms with Crippen molar-refractivity contribution in [1.29, 1.82) is 0 Å². The maximum atomic E-state index is 16.5. The highest BCUT2D eigenvalue weighted by Crippen LogP contribution is 2.48. The van der Waals surface area contributed by atoms with Gasteiger partial charge in [0, 0.05) is 26.1 Å². The number of aromatic nitrogens is 3. The number of pyridine rings is 1. The molecule has 2 fully saturated rings. The molecule has 5 heterocycles.